The van der Waals surface area contributed by atoms with Gasteiger partial charge in [-0.1, -0.05) is 30.3 Å². The van der Waals surface area contributed by atoms with E-state index < -0.39 is 5.97 Å². The standard InChI is InChI=1S/C22H21N3O3S/c1-14-9-19(16(3)24(14)11-17-7-5-4-6-8-17)21(27)28-12-18-10-20(26)25-15(2)13-29-22(25)23-18/h4-10,13H,11-12H2,1-3H3. The average Bonchev–Trinajstić information content (AvgIpc) is 3.22. The lowest BCUT2D eigenvalue weighted by atomic mass is 10.2. The summed E-state index contributed by atoms with van der Waals surface area (Å²) in [5.41, 5.74) is 4.67. The average molecular weight is 407 g/mol. The molecule has 0 unspecified atom stereocenters. The minimum atomic E-state index is -0.415. The van der Waals surface area contributed by atoms with E-state index in [4.69, 9.17) is 4.74 Å². The van der Waals surface area contributed by atoms with Crippen LogP contribution in [0.3, 0.4) is 0 Å². The van der Waals surface area contributed by atoms with Crippen LogP contribution < -0.4 is 5.56 Å². The van der Waals surface area contributed by atoms with Crippen molar-refractivity contribution in [2.45, 2.75) is 33.9 Å². The molecule has 148 valence electrons. The number of nitrogens with zero attached hydrogens (tertiary/aromatic N) is 3. The Kier molecular flexibility index (Phi) is 5.07. The van der Waals surface area contributed by atoms with Crippen molar-refractivity contribution in [1.82, 2.24) is 14.0 Å². The van der Waals surface area contributed by atoms with E-state index in [-0.39, 0.29) is 12.2 Å². The number of carbonyl (C=O) groups is 1. The van der Waals surface area contributed by atoms with Gasteiger partial charge in [-0.2, -0.15) is 0 Å². The van der Waals surface area contributed by atoms with E-state index in [1.165, 1.54) is 23.0 Å². The van der Waals surface area contributed by atoms with Gasteiger partial charge in [0.2, 0.25) is 0 Å². The molecule has 4 rings (SSSR count). The molecular weight excluding hydrogens is 386 g/mol. The second-order valence-corrected chi connectivity index (χ2v) is 7.85. The van der Waals surface area contributed by atoms with Crippen molar-refractivity contribution in [3.8, 4) is 0 Å². The molecule has 0 saturated heterocycles. The summed E-state index contributed by atoms with van der Waals surface area (Å²) in [6.07, 6.45) is 0. The van der Waals surface area contributed by atoms with Gasteiger partial charge in [-0.25, -0.2) is 9.78 Å². The summed E-state index contributed by atoms with van der Waals surface area (Å²) in [7, 11) is 0. The van der Waals surface area contributed by atoms with Crippen LogP contribution in [0, 0.1) is 20.8 Å². The van der Waals surface area contributed by atoms with Crippen molar-refractivity contribution in [2.75, 3.05) is 0 Å². The number of aromatic nitrogens is 3. The molecule has 7 heteroatoms. The Balaban J connectivity index is 1.52. The van der Waals surface area contributed by atoms with Crippen LogP contribution in [0.25, 0.3) is 4.96 Å². The lowest BCUT2D eigenvalue weighted by Gasteiger charge is -2.10. The number of fused-ring (bicyclic) bond motifs is 1. The highest BCUT2D eigenvalue weighted by molar-refractivity contribution is 7.15. The zero-order valence-electron chi connectivity index (χ0n) is 16.5. The van der Waals surface area contributed by atoms with Gasteiger partial charge in [0.25, 0.3) is 5.56 Å². The molecule has 0 spiro atoms. The Hall–Kier alpha value is -3.19. The summed E-state index contributed by atoms with van der Waals surface area (Å²) < 4.78 is 9.11. The molecule has 1 aromatic carbocycles. The summed E-state index contributed by atoms with van der Waals surface area (Å²) in [5, 5.41) is 1.88. The molecule has 0 bridgehead atoms. The lowest BCUT2D eigenvalue weighted by Crippen LogP contribution is -2.16. The minimum Gasteiger partial charge on any atom is -0.456 e. The van der Waals surface area contributed by atoms with Crippen molar-refractivity contribution in [3.63, 3.8) is 0 Å². The van der Waals surface area contributed by atoms with E-state index in [2.05, 4.69) is 21.7 Å². The van der Waals surface area contributed by atoms with Gasteiger partial charge < -0.3 is 9.30 Å². The predicted molar refractivity (Wildman–Crippen MR) is 113 cm³/mol. The molecule has 6 nitrogen and oxygen atoms in total. The Morgan fingerprint density at radius 1 is 1.10 bits per heavy atom. The first-order valence-corrected chi connectivity index (χ1v) is 10.2. The van der Waals surface area contributed by atoms with Crippen LogP contribution in [-0.2, 0) is 17.9 Å². The van der Waals surface area contributed by atoms with E-state index in [0.29, 0.717) is 22.8 Å². The maximum Gasteiger partial charge on any atom is 0.340 e. The van der Waals surface area contributed by atoms with Gasteiger partial charge in [0, 0.05) is 35.1 Å². The van der Waals surface area contributed by atoms with Gasteiger partial charge >= 0.3 is 5.97 Å². The molecule has 3 aromatic heterocycles. The monoisotopic (exact) mass is 407 g/mol. The third kappa shape index (κ3) is 3.73. The molecular formula is C22H21N3O3S. The number of thiazole rings is 1. The highest BCUT2D eigenvalue weighted by Crippen LogP contribution is 2.19. The van der Waals surface area contributed by atoms with Crippen LogP contribution in [0.4, 0.5) is 0 Å². The Morgan fingerprint density at radius 3 is 2.62 bits per heavy atom. The summed E-state index contributed by atoms with van der Waals surface area (Å²) in [5.74, 6) is -0.415. The maximum atomic E-state index is 12.7. The van der Waals surface area contributed by atoms with E-state index in [9.17, 15) is 9.59 Å². The first-order valence-electron chi connectivity index (χ1n) is 9.28. The molecule has 29 heavy (non-hydrogen) atoms. The summed E-state index contributed by atoms with van der Waals surface area (Å²) >= 11 is 1.39. The maximum absolute atomic E-state index is 12.7. The summed E-state index contributed by atoms with van der Waals surface area (Å²) in [6.45, 7) is 6.40. The number of esters is 1. The van der Waals surface area contributed by atoms with Crippen LogP contribution in [-0.4, -0.2) is 19.9 Å². The van der Waals surface area contributed by atoms with Gasteiger partial charge in [-0.15, -0.1) is 11.3 Å². The predicted octanol–water partition coefficient (Wildman–Crippen LogP) is 3.89. The van der Waals surface area contributed by atoms with E-state index >= 15 is 0 Å². The molecule has 0 aliphatic rings. The highest BCUT2D eigenvalue weighted by Gasteiger charge is 2.18. The highest BCUT2D eigenvalue weighted by atomic mass is 32.1. The summed E-state index contributed by atoms with van der Waals surface area (Å²) in [6, 6.07) is 13.4. The molecule has 0 aliphatic heterocycles. The quantitative estimate of drug-likeness (QED) is 0.471. The zero-order valence-corrected chi connectivity index (χ0v) is 17.3. The van der Waals surface area contributed by atoms with Crippen LogP contribution in [0.5, 0.6) is 0 Å². The number of carbonyl (C=O) groups excluding carboxylic acids is 1. The van der Waals surface area contributed by atoms with Crippen LogP contribution in [0.1, 0.15) is 38.7 Å². The molecule has 3 heterocycles. The summed E-state index contributed by atoms with van der Waals surface area (Å²) in [4.78, 5) is 29.9. The van der Waals surface area contributed by atoms with Crippen molar-refractivity contribution in [2.24, 2.45) is 0 Å². The Morgan fingerprint density at radius 2 is 1.86 bits per heavy atom. The molecule has 4 aromatic rings. The van der Waals surface area contributed by atoms with E-state index in [0.717, 1.165) is 17.1 Å². The number of rotatable bonds is 5. The van der Waals surface area contributed by atoms with Crippen LogP contribution in [0.2, 0.25) is 0 Å². The fourth-order valence-corrected chi connectivity index (χ4v) is 4.30. The van der Waals surface area contributed by atoms with Crippen LogP contribution >= 0.6 is 11.3 Å². The molecule has 0 N–H and O–H groups in total. The van der Waals surface area contributed by atoms with Crippen molar-refractivity contribution in [3.05, 3.63) is 92.1 Å². The number of ether oxygens (including phenoxy) is 1. The third-order valence-corrected chi connectivity index (χ3v) is 5.90. The molecule has 0 radical (unpaired) electrons. The number of aryl methyl sites for hydroxylation is 2. The number of hydrogen-bond donors (Lipinski definition) is 0. The molecule has 0 saturated carbocycles. The Bertz CT molecular complexity index is 1250. The van der Waals surface area contributed by atoms with Crippen molar-refractivity contribution >= 4 is 22.3 Å². The second-order valence-electron chi connectivity index (χ2n) is 7.01. The molecule has 0 amide bonds. The Labute approximate surface area is 172 Å². The van der Waals surface area contributed by atoms with Gasteiger partial charge in [0.1, 0.15) is 6.61 Å². The van der Waals surface area contributed by atoms with E-state index in [1.807, 2.05) is 50.4 Å². The zero-order chi connectivity index (χ0) is 20.5. The molecule has 0 aliphatic carbocycles. The molecule has 0 fully saturated rings. The number of benzene rings is 1. The third-order valence-electron chi connectivity index (χ3n) is 4.96. The smallest absolute Gasteiger partial charge is 0.340 e. The van der Waals surface area contributed by atoms with Crippen LogP contribution in [0.15, 0.2) is 52.6 Å². The van der Waals surface area contributed by atoms with E-state index in [1.54, 1.807) is 4.40 Å². The molecule has 0 atom stereocenters. The topological polar surface area (TPSA) is 65.6 Å². The fraction of sp³-hybridized carbons (Fsp3) is 0.227. The first-order chi connectivity index (χ1) is 13.9. The van der Waals surface area contributed by atoms with Crippen molar-refractivity contribution in [1.29, 1.82) is 0 Å². The fourth-order valence-electron chi connectivity index (χ4n) is 3.41. The largest absolute Gasteiger partial charge is 0.456 e. The lowest BCUT2D eigenvalue weighted by molar-refractivity contribution is 0.0467. The van der Waals surface area contributed by atoms with Crippen molar-refractivity contribution < 1.29 is 9.53 Å². The minimum absolute atomic E-state index is 0.0378. The first kappa shape index (κ1) is 19.1. The normalized spacial score (nSPS) is 11.1. The van der Waals surface area contributed by atoms with Gasteiger partial charge in [-0.3, -0.25) is 9.20 Å². The van der Waals surface area contributed by atoms with Gasteiger partial charge in [0.15, 0.2) is 4.96 Å². The van der Waals surface area contributed by atoms with Gasteiger partial charge in [-0.05, 0) is 32.4 Å². The van der Waals surface area contributed by atoms with Gasteiger partial charge in [0.05, 0.1) is 11.3 Å². The second kappa shape index (κ2) is 7.67. The SMILES string of the molecule is Cc1cc(C(=O)OCc2cc(=O)n3c(C)csc3n2)c(C)n1Cc1ccccc1. The number of hydrogen-bond acceptors (Lipinski definition) is 5.